The van der Waals surface area contributed by atoms with E-state index >= 15 is 0 Å². The lowest BCUT2D eigenvalue weighted by atomic mass is 9.33. The molecule has 4 fully saturated rings. The number of nitrogens with zero attached hydrogens (tertiary/aromatic N) is 1. The highest BCUT2D eigenvalue weighted by Crippen LogP contribution is 2.77. The fraction of sp³-hybridized carbons (Fsp3) is 0.778. The monoisotopic (exact) mass is 441 g/mol. The van der Waals surface area contributed by atoms with Gasteiger partial charge in [-0.15, -0.1) is 0 Å². The minimum absolute atomic E-state index is 0.00253. The molecule has 1 aromatic carbocycles. The smallest absolute Gasteiger partial charge is 0.165 e. The molecule has 1 aromatic rings. The third-order valence-electron chi connectivity index (χ3n) is 11.0. The molecule has 4 bridgehead atoms. The molecule has 5 heteroatoms. The summed E-state index contributed by atoms with van der Waals surface area (Å²) in [6.45, 7) is 9.59. The Bertz CT molecular complexity index is 983. The first-order chi connectivity index (χ1) is 15.0. The van der Waals surface area contributed by atoms with Crippen LogP contribution in [0.5, 0.6) is 11.5 Å². The van der Waals surface area contributed by atoms with Crippen LogP contribution in [0.15, 0.2) is 12.1 Å². The zero-order valence-electron chi connectivity index (χ0n) is 20.7. The number of fused-ring (bicyclic) bond motifs is 2. The van der Waals surface area contributed by atoms with Gasteiger partial charge in [0.15, 0.2) is 11.5 Å². The predicted molar refractivity (Wildman–Crippen MR) is 123 cm³/mol. The van der Waals surface area contributed by atoms with E-state index in [2.05, 4.69) is 44.9 Å². The molecule has 6 aliphatic rings. The number of likely N-dealkylation sites (tertiary alicyclic amines) is 1. The van der Waals surface area contributed by atoms with Gasteiger partial charge in [0, 0.05) is 35.5 Å². The van der Waals surface area contributed by atoms with Crippen molar-refractivity contribution in [3.63, 3.8) is 0 Å². The van der Waals surface area contributed by atoms with Crippen LogP contribution in [-0.4, -0.2) is 61.2 Å². The summed E-state index contributed by atoms with van der Waals surface area (Å²) >= 11 is 0. The van der Waals surface area contributed by atoms with Crippen molar-refractivity contribution in [2.45, 2.75) is 88.6 Å². The van der Waals surface area contributed by atoms with Gasteiger partial charge in [0.1, 0.15) is 11.7 Å². The Morgan fingerprint density at radius 1 is 1.12 bits per heavy atom. The van der Waals surface area contributed by atoms with Gasteiger partial charge in [-0.3, -0.25) is 0 Å². The molecule has 0 amide bonds. The van der Waals surface area contributed by atoms with Gasteiger partial charge in [-0.25, -0.2) is 0 Å². The minimum Gasteiger partial charge on any atom is -0.493 e. The zero-order valence-corrected chi connectivity index (χ0v) is 20.7. The molecule has 2 unspecified atom stereocenters. The van der Waals surface area contributed by atoms with Crippen LogP contribution >= 0.6 is 0 Å². The van der Waals surface area contributed by atoms with E-state index in [1.165, 1.54) is 11.1 Å². The van der Waals surface area contributed by atoms with Crippen molar-refractivity contribution in [3.05, 3.63) is 23.3 Å². The summed E-state index contributed by atoms with van der Waals surface area (Å²) in [5.74, 6) is 1.79. The fourth-order valence-corrected chi connectivity index (χ4v) is 9.01. The lowest BCUT2D eigenvalue weighted by Crippen LogP contribution is -2.83. The first kappa shape index (κ1) is 21.2. The van der Waals surface area contributed by atoms with Gasteiger partial charge < -0.3 is 24.2 Å². The quantitative estimate of drug-likeness (QED) is 0.770. The standard InChI is InChI=1S/C27H39NO4/c1-23(2,3)24(4,29)18-15-25-10-11-27(18,31-7)22-26(25)12-13-28(5)19(25)14-16-8-9-17(30-6)21(32-22)20(16)26/h8-9,18-19,22,29H,10-15H2,1-7H3/t18-,19?,22?,24+,25-,26+,27-/m1/s1. The second-order valence-electron chi connectivity index (χ2n) is 12.5. The summed E-state index contributed by atoms with van der Waals surface area (Å²) in [6, 6.07) is 4.82. The predicted octanol–water partition coefficient (Wildman–Crippen LogP) is 3.94. The molecule has 0 radical (unpaired) electrons. The lowest BCUT2D eigenvalue weighted by Gasteiger charge is -2.75. The van der Waals surface area contributed by atoms with E-state index in [4.69, 9.17) is 14.2 Å². The normalized spacial score (nSPS) is 43.4. The summed E-state index contributed by atoms with van der Waals surface area (Å²) < 4.78 is 19.4. The van der Waals surface area contributed by atoms with E-state index in [-0.39, 0.29) is 28.3 Å². The molecule has 1 N–H and O–H groups in total. The van der Waals surface area contributed by atoms with Crippen LogP contribution in [-0.2, 0) is 16.6 Å². The van der Waals surface area contributed by atoms with E-state index in [0.29, 0.717) is 6.04 Å². The van der Waals surface area contributed by atoms with E-state index < -0.39 is 11.2 Å². The number of piperidine rings is 1. The molecule has 7 atom stereocenters. The van der Waals surface area contributed by atoms with E-state index in [0.717, 1.165) is 50.1 Å². The summed E-state index contributed by atoms with van der Waals surface area (Å²) in [5.41, 5.74) is 1.17. The average Bonchev–Trinajstić information content (AvgIpc) is 3.12. The zero-order chi connectivity index (χ0) is 22.9. The molecule has 2 heterocycles. The summed E-state index contributed by atoms with van der Waals surface area (Å²) in [5, 5.41) is 12.1. The van der Waals surface area contributed by atoms with Crippen molar-refractivity contribution >= 4 is 0 Å². The third kappa shape index (κ3) is 2.01. The van der Waals surface area contributed by atoms with Gasteiger partial charge >= 0.3 is 0 Å². The molecule has 32 heavy (non-hydrogen) atoms. The Morgan fingerprint density at radius 3 is 2.53 bits per heavy atom. The highest BCUT2D eigenvalue weighted by Gasteiger charge is 2.82. The topological polar surface area (TPSA) is 51.2 Å². The summed E-state index contributed by atoms with van der Waals surface area (Å²) in [6.07, 6.45) is 5.07. The molecule has 0 aromatic heterocycles. The van der Waals surface area contributed by atoms with Gasteiger partial charge in [0.25, 0.3) is 0 Å². The number of hydrogen-bond donors (Lipinski definition) is 1. The molecular weight excluding hydrogens is 402 g/mol. The van der Waals surface area contributed by atoms with Crippen LogP contribution in [0.2, 0.25) is 0 Å². The highest BCUT2D eigenvalue weighted by molar-refractivity contribution is 5.63. The third-order valence-corrected chi connectivity index (χ3v) is 11.0. The van der Waals surface area contributed by atoms with Gasteiger partial charge in [-0.2, -0.15) is 0 Å². The van der Waals surface area contributed by atoms with E-state index in [1.54, 1.807) is 7.11 Å². The highest BCUT2D eigenvalue weighted by atomic mass is 16.6. The van der Waals surface area contributed by atoms with Gasteiger partial charge in [0.2, 0.25) is 0 Å². The van der Waals surface area contributed by atoms with Crippen molar-refractivity contribution in [1.29, 1.82) is 0 Å². The van der Waals surface area contributed by atoms with Gasteiger partial charge in [0.05, 0.1) is 12.7 Å². The number of ether oxygens (including phenoxy) is 3. The Morgan fingerprint density at radius 2 is 1.88 bits per heavy atom. The molecule has 5 nitrogen and oxygen atoms in total. The van der Waals surface area contributed by atoms with Gasteiger partial charge in [-0.1, -0.05) is 26.8 Å². The Hall–Kier alpha value is -1.30. The van der Waals surface area contributed by atoms with Crippen LogP contribution in [0.3, 0.4) is 0 Å². The Labute approximate surface area is 192 Å². The van der Waals surface area contributed by atoms with Crippen LogP contribution in [0.25, 0.3) is 0 Å². The number of methoxy groups -OCH3 is 2. The van der Waals surface area contributed by atoms with Crippen molar-refractivity contribution < 1.29 is 19.3 Å². The number of hydrogen-bond acceptors (Lipinski definition) is 5. The second kappa shape index (κ2) is 6.03. The molecule has 2 aliphatic heterocycles. The Kier molecular flexibility index (Phi) is 4.00. The van der Waals surface area contributed by atoms with Gasteiger partial charge in [-0.05, 0) is 69.7 Å². The van der Waals surface area contributed by atoms with Crippen molar-refractivity contribution in [1.82, 2.24) is 4.90 Å². The molecule has 4 aliphatic carbocycles. The van der Waals surface area contributed by atoms with Crippen LogP contribution in [0.1, 0.15) is 64.5 Å². The van der Waals surface area contributed by atoms with Crippen LogP contribution in [0.4, 0.5) is 0 Å². The molecule has 7 rings (SSSR count). The van der Waals surface area contributed by atoms with Crippen LogP contribution < -0.4 is 9.47 Å². The lowest BCUT2D eigenvalue weighted by molar-refractivity contribution is -0.311. The molecule has 176 valence electrons. The second-order valence-corrected chi connectivity index (χ2v) is 12.5. The number of benzene rings is 1. The maximum atomic E-state index is 12.1. The minimum atomic E-state index is -0.882. The maximum Gasteiger partial charge on any atom is 0.165 e. The van der Waals surface area contributed by atoms with Crippen molar-refractivity contribution in [2.75, 3.05) is 27.8 Å². The van der Waals surface area contributed by atoms with Crippen molar-refractivity contribution in [3.8, 4) is 11.5 Å². The SMILES string of the molecule is COc1ccc2c3c1OC1[C@@]4(OC)CC[C@@]5(C[C@@H]4[C@](C)(O)C(C)(C)C)C(C2)N(C)CC[C@]315. The molecule has 3 saturated carbocycles. The number of rotatable bonds is 3. The van der Waals surface area contributed by atoms with Crippen LogP contribution in [0, 0.1) is 16.7 Å². The average molecular weight is 442 g/mol. The molecule has 2 spiro atoms. The van der Waals surface area contributed by atoms with E-state index in [9.17, 15) is 5.11 Å². The largest absolute Gasteiger partial charge is 0.493 e. The maximum absolute atomic E-state index is 12.1. The molecule has 1 saturated heterocycles. The fourth-order valence-electron chi connectivity index (χ4n) is 9.01. The number of likely N-dealkylation sites (N-methyl/N-ethyl adjacent to an activating group) is 1. The van der Waals surface area contributed by atoms with E-state index in [1.807, 2.05) is 14.0 Å². The number of aliphatic hydroxyl groups is 1. The first-order valence-electron chi connectivity index (χ1n) is 12.3. The Balaban J connectivity index is 1.65. The summed E-state index contributed by atoms with van der Waals surface area (Å²) in [4.78, 5) is 2.60. The first-order valence-corrected chi connectivity index (χ1v) is 12.3. The van der Waals surface area contributed by atoms with Crippen molar-refractivity contribution in [2.24, 2.45) is 16.7 Å². The summed E-state index contributed by atoms with van der Waals surface area (Å²) in [7, 11) is 5.89. The molecular formula is C27H39NO4.